The number of imidazole rings is 1. The zero-order valence-electron chi connectivity index (χ0n) is 11.9. The molecule has 8 heteroatoms. The van der Waals surface area contributed by atoms with Gasteiger partial charge in [0, 0.05) is 19.1 Å². The lowest BCUT2D eigenvalue weighted by atomic mass is 10.2. The summed E-state index contributed by atoms with van der Waals surface area (Å²) in [7, 11) is 3.06. The quantitative estimate of drug-likeness (QED) is 0.635. The van der Waals surface area contributed by atoms with E-state index in [4.69, 9.17) is 11.6 Å². The van der Waals surface area contributed by atoms with Gasteiger partial charge in [0.2, 0.25) is 0 Å². The van der Waals surface area contributed by atoms with Crippen LogP contribution in [0.5, 0.6) is 0 Å². The van der Waals surface area contributed by atoms with E-state index in [1.165, 1.54) is 11.6 Å². The van der Waals surface area contributed by atoms with Gasteiger partial charge in [-0.15, -0.1) is 0 Å². The van der Waals surface area contributed by atoms with Crippen molar-refractivity contribution in [1.82, 2.24) is 18.7 Å². The summed E-state index contributed by atoms with van der Waals surface area (Å²) >= 11 is 9.36. The van der Waals surface area contributed by atoms with Crippen molar-refractivity contribution in [3.8, 4) is 0 Å². The number of hydrogen-bond acceptors (Lipinski definition) is 3. The van der Waals surface area contributed by atoms with E-state index in [0.29, 0.717) is 21.9 Å². The Morgan fingerprint density at radius 1 is 1.23 bits per heavy atom. The number of fused-ring (bicyclic) bond motifs is 1. The molecule has 0 bridgehead atoms. The highest BCUT2D eigenvalue weighted by Crippen LogP contribution is 2.19. The first kappa shape index (κ1) is 15.1. The summed E-state index contributed by atoms with van der Waals surface area (Å²) < 4.78 is 4.72. The fourth-order valence-corrected chi connectivity index (χ4v) is 3.10. The number of halogens is 2. The van der Waals surface area contributed by atoms with Crippen LogP contribution in [0.25, 0.3) is 11.2 Å². The van der Waals surface area contributed by atoms with Crippen molar-refractivity contribution in [2.45, 2.75) is 6.54 Å². The molecule has 6 nitrogen and oxygen atoms in total. The van der Waals surface area contributed by atoms with Crippen LogP contribution < -0.4 is 11.2 Å². The van der Waals surface area contributed by atoms with Crippen molar-refractivity contribution >= 4 is 38.7 Å². The number of aromatic nitrogens is 4. The second-order valence-corrected chi connectivity index (χ2v) is 6.12. The molecule has 3 aromatic rings. The van der Waals surface area contributed by atoms with E-state index in [-0.39, 0.29) is 5.52 Å². The molecule has 2 aromatic heterocycles. The summed E-state index contributed by atoms with van der Waals surface area (Å²) in [5.74, 6) is 0. The van der Waals surface area contributed by atoms with Crippen molar-refractivity contribution in [2.24, 2.45) is 14.1 Å². The lowest BCUT2D eigenvalue weighted by Crippen LogP contribution is -2.37. The average Bonchev–Trinajstić information content (AvgIpc) is 2.80. The van der Waals surface area contributed by atoms with E-state index >= 15 is 0 Å². The Kier molecular flexibility index (Phi) is 3.70. The van der Waals surface area contributed by atoms with Crippen LogP contribution in [0.1, 0.15) is 5.56 Å². The zero-order chi connectivity index (χ0) is 16.0. The van der Waals surface area contributed by atoms with Gasteiger partial charge in [0.1, 0.15) is 0 Å². The van der Waals surface area contributed by atoms with E-state index in [1.54, 1.807) is 17.7 Å². The highest BCUT2D eigenvalue weighted by atomic mass is 79.9. The maximum absolute atomic E-state index is 12.2. The minimum atomic E-state index is -0.413. The minimum Gasteiger partial charge on any atom is -0.300 e. The minimum absolute atomic E-state index is 0.249. The number of benzene rings is 1. The first-order valence-electron chi connectivity index (χ1n) is 6.46. The summed E-state index contributed by atoms with van der Waals surface area (Å²) in [5, 5.41) is 0.628. The van der Waals surface area contributed by atoms with Gasteiger partial charge in [-0.1, -0.05) is 23.7 Å². The average molecular weight is 384 g/mol. The van der Waals surface area contributed by atoms with Gasteiger partial charge in [0.05, 0.1) is 6.54 Å². The Hall–Kier alpha value is -1.86. The third-order valence-corrected chi connectivity index (χ3v) is 4.36. The van der Waals surface area contributed by atoms with Gasteiger partial charge in [-0.2, -0.15) is 0 Å². The molecule has 0 radical (unpaired) electrons. The predicted octanol–water partition coefficient (Wildman–Crippen LogP) is 1.90. The van der Waals surface area contributed by atoms with Crippen LogP contribution in [0.3, 0.4) is 0 Å². The molecule has 0 aliphatic carbocycles. The van der Waals surface area contributed by atoms with Crippen LogP contribution in [0, 0.1) is 0 Å². The highest BCUT2D eigenvalue weighted by Gasteiger charge is 2.17. The summed E-state index contributed by atoms with van der Waals surface area (Å²) in [4.78, 5) is 28.6. The lowest BCUT2D eigenvalue weighted by molar-refractivity contribution is 0.685. The van der Waals surface area contributed by atoms with Gasteiger partial charge < -0.3 is 0 Å². The number of nitrogens with zero attached hydrogens (tertiary/aromatic N) is 4. The molecular formula is C14H12BrClN4O2. The summed E-state index contributed by atoms with van der Waals surface area (Å²) in [6, 6.07) is 7.39. The van der Waals surface area contributed by atoms with Gasteiger partial charge in [-0.05, 0) is 33.6 Å². The molecule has 0 saturated heterocycles. The van der Waals surface area contributed by atoms with Crippen LogP contribution in [0.2, 0.25) is 5.02 Å². The number of rotatable bonds is 2. The van der Waals surface area contributed by atoms with Crippen molar-refractivity contribution in [3.63, 3.8) is 0 Å². The molecule has 0 saturated carbocycles. The molecule has 0 atom stereocenters. The highest BCUT2D eigenvalue weighted by molar-refractivity contribution is 9.10. The Labute approximate surface area is 138 Å². The van der Waals surface area contributed by atoms with Crippen molar-refractivity contribution in [3.05, 3.63) is 60.4 Å². The lowest BCUT2D eigenvalue weighted by Gasteiger charge is -2.10. The first-order chi connectivity index (χ1) is 10.4. The van der Waals surface area contributed by atoms with E-state index in [9.17, 15) is 9.59 Å². The third kappa shape index (κ3) is 2.30. The Morgan fingerprint density at radius 2 is 1.95 bits per heavy atom. The SMILES string of the molecule is Cn1c(=O)c2nc(Br)n(Cc3cccc(Cl)c3)c2n(C)c1=O. The number of aryl methyl sites for hydroxylation is 1. The van der Waals surface area contributed by atoms with Crippen LogP contribution in [-0.2, 0) is 20.6 Å². The second kappa shape index (κ2) is 5.40. The van der Waals surface area contributed by atoms with Crippen LogP contribution in [-0.4, -0.2) is 18.7 Å². The monoisotopic (exact) mass is 382 g/mol. The standard InChI is InChI=1S/C14H12BrClN4O2/c1-18-11-10(12(21)19(2)14(18)22)17-13(15)20(11)7-8-4-3-5-9(16)6-8/h3-6H,7H2,1-2H3. The molecule has 0 N–H and O–H groups in total. The van der Waals surface area contributed by atoms with Gasteiger partial charge in [-0.3, -0.25) is 18.5 Å². The molecular weight excluding hydrogens is 372 g/mol. The van der Waals surface area contributed by atoms with Crippen molar-refractivity contribution in [1.29, 1.82) is 0 Å². The second-order valence-electron chi connectivity index (χ2n) is 4.97. The molecule has 0 amide bonds. The fourth-order valence-electron chi connectivity index (χ4n) is 2.42. The molecule has 3 rings (SSSR count). The van der Waals surface area contributed by atoms with E-state index < -0.39 is 11.2 Å². The van der Waals surface area contributed by atoms with E-state index in [0.717, 1.165) is 10.1 Å². The third-order valence-electron chi connectivity index (χ3n) is 3.52. The summed E-state index contributed by atoms with van der Waals surface area (Å²) in [5.41, 5.74) is 0.861. The molecule has 0 aliphatic heterocycles. The van der Waals surface area contributed by atoms with Gasteiger partial charge >= 0.3 is 5.69 Å². The van der Waals surface area contributed by atoms with E-state index in [1.807, 2.05) is 18.2 Å². The molecule has 0 fully saturated rings. The van der Waals surface area contributed by atoms with Crippen LogP contribution >= 0.6 is 27.5 Å². The largest absolute Gasteiger partial charge is 0.332 e. The van der Waals surface area contributed by atoms with Crippen LogP contribution in [0.15, 0.2) is 38.6 Å². The molecule has 0 aliphatic rings. The maximum Gasteiger partial charge on any atom is 0.332 e. The number of hydrogen-bond donors (Lipinski definition) is 0. The normalized spacial score (nSPS) is 11.3. The van der Waals surface area contributed by atoms with Gasteiger partial charge in [0.15, 0.2) is 15.9 Å². The maximum atomic E-state index is 12.2. The fraction of sp³-hybridized carbons (Fsp3) is 0.214. The topological polar surface area (TPSA) is 61.8 Å². The van der Waals surface area contributed by atoms with E-state index in [2.05, 4.69) is 20.9 Å². The zero-order valence-corrected chi connectivity index (χ0v) is 14.2. The predicted molar refractivity (Wildman–Crippen MR) is 88.5 cm³/mol. The summed E-state index contributed by atoms with van der Waals surface area (Å²) in [6.07, 6.45) is 0. The molecule has 0 unspecified atom stereocenters. The molecule has 1 aromatic carbocycles. The van der Waals surface area contributed by atoms with Crippen molar-refractivity contribution < 1.29 is 0 Å². The van der Waals surface area contributed by atoms with Gasteiger partial charge in [0.25, 0.3) is 5.56 Å². The van der Waals surface area contributed by atoms with Gasteiger partial charge in [-0.25, -0.2) is 9.78 Å². The van der Waals surface area contributed by atoms with Crippen LogP contribution in [0.4, 0.5) is 0 Å². The molecule has 0 spiro atoms. The summed E-state index contributed by atoms with van der Waals surface area (Å²) in [6.45, 7) is 0.443. The molecule has 22 heavy (non-hydrogen) atoms. The smallest absolute Gasteiger partial charge is 0.300 e. The first-order valence-corrected chi connectivity index (χ1v) is 7.63. The Balaban J connectivity index is 2.29. The molecule has 2 heterocycles. The van der Waals surface area contributed by atoms with Crippen molar-refractivity contribution in [2.75, 3.05) is 0 Å². The molecule has 114 valence electrons. The Morgan fingerprint density at radius 3 is 2.64 bits per heavy atom. The Bertz CT molecular complexity index is 1000.